The molecule has 5 heteroatoms. The highest BCUT2D eigenvalue weighted by Gasteiger charge is 2.17. The number of carbonyl (C=O) groups is 1. The van der Waals surface area contributed by atoms with Crippen LogP contribution in [0, 0.1) is 0 Å². The number of nitrogens with one attached hydrogen (secondary N) is 2. The van der Waals surface area contributed by atoms with Crippen LogP contribution in [0.2, 0.25) is 0 Å². The molecule has 1 aromatic carbocycles. The monoisotopic (exact) mass is 254 g/mol. The molecule has 1 atom stereocenters. The van der Waals surface area contributed by atoms with Gasteiger partial charge in [0.1, 0.15) is 0 Å². The smallest absolute Gasteiger partial charge is 0.234 e. The Hall–Kier alpha value is -0.650. The van der Waals surface area contributed by atoms with E-state index in [-0.39, 0.29) is 11.9 Å². The summed E-state index contributed by atoms with van der Waals surface area (Å²) in [5.41, 5.74) is 2.07. The third kappa shape index (κ3) is 2.36. The summed E-state index contributed by atoms with van der Waals surface area (Å²) in [6.07, 6.45) is 0. The van der Waals surface area contributed by atoms with Crippen LogP contribution in [0.25, 0.3) is 0 Å². The fourth-order valence-electron chi connectivity index (χ4n) is 1.68. The van der Waals surface area contributed by atoms with E-state index in [1.807, 2.05) is 13.1 Å². The number of rotatable bonds is 3. The topological polar surface area (TPSA) is 41.1 Å². The molecule has 0 saturated heterocycles. The zero-order chi connectivity index (χ0) is 11.5. The summed E-state index contributed by atoms with van der Waals surface area (Å²) >= 11 is 5.88. The number of fused-ring (bicyclic) bond motifs is 1. The third-order valence-corrected chi connectivity index (χ3v) is 4.01. The molecule has 3 nitrogen and oxygen atoms in total. The predicted molar refractivity (Wildman–Crippen MR) is 71.4 cm³/mol. The van der Waals surface area contributed by atoms with Crippen LogP contribution < -0.4 is 10.6 Å². The molecule has 16 heavy (non-hydrogen) atoms. The van der Waals surface area contributed by atoms with Gasteiger partial charge in [-0.15, -0.1) is 11.8 Å². The van der Waals surface area contributed by atoms with E-state index in [9.17, 15) is 4.79 Å². The Morgan fingerprint density at radius 1 is 1.62 bits per heavy atom. The zero-order valence-electron chi connectivity index (χ0n) is 8.99. The summed E-state index contributed by atoms with van der Waals surface area (Å²) in [5.74, 6) is 1.31. The quantitative estimate of drug-likeness (QED) is 0.722. The summed E-state index contributed by atoms with van der Waals surface area (Å²) in [5, 5.41) is 6.08. The van der Waals surface area contributed by atoms with E-state index in [0.29, 0.717) is 5.75 Å². The molecule has 0 fully saturated rings. The average molecular weight is 254 g/mol. The highest BCUT2D eigenvalue weighted by atomic mass is 32.2. The number of benzene rings is 1. The second kappa shape index (κ2) is 5.12. The maximum atomic E-state index is 11.3. The number of thiol groups is 1. The van der Waals surface area contributed by atoms with E-state index in [0.717, 1.165) is 21.9 Å². The molecule has 1 amide bonds. The van der Waals surface area contributed by atoms with Gasteiger partial charge in [0.25, 0.3) is 0 Å². The van der Waals surface area contributed by atoms with Gasteiger partial charge in [0, 0.05) is 16.7 Å². The van der Waals surface area contributed by atoms with E-state index >= 15 is 0 Å². The second-order valence-corrected chi connectivity index (χ2v) is 5.00. The summed E-state index contributed by atoms with van der Waals surface area (Å²) < 4.78 is 0. The normalized spacial score (nSPS) is 16.5. The molecule has 0 bridgehead atoms. The average Bonchev–Trinajstić information content (AvgIpc) is 2.30. The number of hydrogen-bond acceptors (Lipinski definition) is 4. The second-order valence-electron chi connectivity index (χ2n) is 3.62. The van der Waals surface area contributed by atoms with Gasteiger partial charge >= 0.3 is 0 Å². The Kier molecular flexibility index (Phi) is 3.78. The van der Waals surface area contributed by atoms with Crippen molar-refractivity contribution >= 4 is 36.0 Å². The summed E-state index contributed by atoms with van der Waals surface area (Å²) in [7, 11) is 1.91. The largest absolute Gasteiger partial charge is 0.324 e. The van der Waals surface area contributed by atoms with Crippen molar-refractivity contribution in [1.82, 2.24) is 5.32 Å². The van der Waals surface area contributed by atoms with Crippen molar-refractivity contribution in [2.45, 2.75) is 10.9 Å². The minimum Gasteiger partial charge on any atom is -0.324 e. The standard InChI is InChI=1S/C11H14N2OS2/c1-12-9(5-15)7-2-3-10-8(4-7)13-11(14)6-16-10/h2-4,9,12,15H,5-6H2,1H3,(H,13,14). The van der Waals surface area contributed by atoms with Crippen LogP contribution in [0.1, 0.15) is 11.6 Å². The van der Waals surface area contributed by atoms with Crippen molar-refractivity contribution < 1.29 is 4.79 Å². The highest BCUT2D eigenvalue weighted by Crippen LogP contribution is 2.33. The number of hydrogen-bond donors (Lipinski definition) is 3. The van der Waals surface area contributed by atoms with Crippen LogP contribution in [0.5, 0.6) is 0 Å². The Balaban J connectivity index is 2.30. The van der Waals surface area contributed by atoms with Crippen molar-refractivity contribution in [2.24, 2.45) is 0 Å². The Labute approximate surface area is 105 Å². The Bertz CT molecular complexity index is 405. The van der Waals surface area contributed by atoms with Crippen LogP contribution >= 0.6 is 24.4 Å². The molecule has 1 aromatic rings. The lowest BCUT2D eigenvalue weighted by Gasteiger charge is -2.20. The van der Waals surface area contributed by atoms with Crippen LogP contribution in [-0.2, 0) is 4.79 Å². The SMILES string of the molecule is CNC(CS)c1ccc2c(c1)NC(=O)CS2. The van der Waals surface area contributed by atoms with Gasteiger partial charge in [-0.2, -0.15) is 12.6 Å². The molecule has 0 spiro atoms. The van der Waals surface area contributed by atoms with Crippen molar-refractivity contribution in [3.8, 4) is 0 Å². The first kappa shape index (κ1) is 11.8. The van der Waals surface area contributed by atoms with Gasteiger partial charge in [-0.1, -0.05) is 6.07 Å². The van der Waals surface area contributed by atoms with Gasteiger partial charge in [0.2, 0.25) is 5.91 Å². The van der Waals surface area contributed by atoms with Crippen molar-refractivity contribution in [3.63, 3.8) is 0 Å². The molecule has 1 heterocycles. The van der Waals surface area contributed by atoms with Crippen LogP contribution in [0.15, 0.2) is 23.1 Å². The molecule has 0 aliphatic carbocycles. The lowest BCUT2D eigenvalue weighted by molar-refractivity contribution is -0.113. The fraction of sp³-hybridized carbons (Fsp3) is 0.364. The number of carbonyl (C=O) groups excluding carboxylic acids is 1. The van der Waals surface area contributed by atoms with Gasteiger partial charge in [0.15, 0.2) is 0 Å². The minimum absolute atomic E-state index is 0.0709. The number of amides is 1. The molecule has 1 unspecified atom stereocenters. The Morgan fingerprint density at radius 2 is 2.44 bits per heavy atom. The van der Waals surface area contributed by atoms with Crippen molar-refractivity contribution in [3.05, 3.63) is 23.8 Å². The molecule has 1 aliphatic heterocycles. The van der Waals surface area contributed by atoms with Crippen LogP contribution in [-0.4, -0.2) is 24.5 Å². The van der Waals surface area contributed by atoms with Crippen LogP contribution in [0.4, 0.5) is 5.69 Å². The van der Waals surface area contributed by atoms with Crippen LogP contribution in [0.3, 0.4) is 0 Å². The lowest BCUT2D eigenvalue weighted by Crippen LogP contribution is -2.21. The third-order valence-electron chi connectivity index (χ3n) is 2.57. The van der Waals surface area contributed by atoms with E-state index in [1.54, 1.807) is 11.8 Å². The minimum atomic E-state index is 0.0709. The molecular weight excluding hydrogens is 240 g/mol. The summed E-state index contributed by atoms with van der Waals surface area (Å²) in [6, 6.07) is 6.39. The highest BCUT2D eigenvalue weighted by molar-refractivity contribution is 8.00. The molecule has 86 valence electrons. The van der Waals surface area contributed by atoms with Crippen molar-refractivity contribution in [2.75, 3.05) is 23.9 Å². The molecule has 2 N–H and O–H groups in total. The zero-order valence-corrected chi connectivity index (χ0v) is 10.7. The maximum Gasteiger partial charge on any atom is 0.234 e. The fourth-order valence-corrected chi connectivity index (χ4v) is 2.86. The molecule has 0 saturated carbocycles. The van der Waals surface area contributed by atoms with E-state index in [1.165, 1.54) is 0 Å². The van der Waals surface area contributed by atoms with Gasteiger partial charge in [-0.3, -0.25) is 4.79 Å². The predicted octanol–water partition coefficient (Wildman–Crippen LogP) is 1.92. The molecule has 2 rings (SSSR count). The van der Waals surface area contributed by atoms with Gasteiger partial charge in [-0.05, 0) is 24.7 Å². The van der Waals surface area contributed by atoms with E-state index in [2.05, 4.69) is 35.4 Å². The first-order chi connectivity index (χ1) is 7.74. The maximum absolute atomic E-state index is 11.3. The van der Waals surface area contributed by atoms with E-state index in [4.69, 9.17) is 0 Å². The molecular formula is C11H14N2OS2. The van der Waals surface area contributed by atoms with Crippen molar-refractivity contribution in [1.29, 1.82) is 0 Å². The first-order valence-corrected chi connectivity index (χ1v) is 6.71. The lowest BCUT2D eigenvalue weighted by atomic mass is 10.1. The number of thioether (sulfide) groups is 1. The first-order valence-electron chi connectivity index (χ1n) is 5.09. The van der Waals surface area contributed by atoms with E-state index < -0.39 is 0 Å². The number of anilines is 1. The summed E-state index contributed by atoms with van der Waals surface area (Å²) in [4.78, 5) is 12.4. The molecule has 0 aromatic heterocycles. The van der Waals surface area contributed by atoms with Gasteiger partial charge in [-0.25, -0.2) is 0 Å². The van der Waals surface area contributed by atoms with Gasteiger partial charge < -0.3 is 10.6 Å². The molecule has 1 aliphatic rings. The van der Waals surface area contributed by atoms with Gasteiger partial charge in [0.05, 0.1) is 11.4 Å². The molecule has 0 radical (unpaired) electrons. The summed E-state index contributed by atoms with van der Waals surface area (Å²) in [6.45, 7) is 0. The Morgan fingerprint density at radius 3 is 3.12 bits per heavy atom.